The van der Waals surface area contributed by atoms with Crippen LogP contribution in [0.15, 0.2) is 24.3 Å². The molecule has 1 aromatic carbocycles. The van der Waals surface area contributed by atoms with Crippen molar-refractivity contribution in [1.29, 1.82) is 0 Å². The van der Waals surface area contributed by atoms with Crippen molar-refractivity contribution in [3.63, 3.8) is 0 Å². The van der Waals surface area contributed by atoms with Crippen LogP contribution in [0.1, 0.15) is 19.3 Å². The second-order valence-electron chi connectivity index (χ2n) is 5.66. The smallest absolute Gasteiger partial charge is 0.170 e. The van der Waals surface area contributed by atoms with E-state index in [1.165, 1.54) is 12.8 Å². The molecule has 1 aliphatic heterocycles. The molecule has 5 nitrogen and oxygen atoms in total. The first-order valence-electron chi connectivity index (χ1n) is 7.39. The molecule has 4 rings (SSSR count). The van der Waals surface area contributed by atoms with E-state index in [0.717, 1.165) is 42.2 Å². The fourth-order valence-electron chi connectivity index (χ4n) is 2.59. The Morgan fingerprint density at radius 3 is 2.10 bits per heavy atom. The number of anilines is 2. The van der Waals surface area contributed by atoms with Gasteiger partial charge in [-0.15, -0.1) is 0 Å². The Kier molecular flexibility index (Phi) is 2.92. The average molecular weight is 269 g/mol. The maximum Gasteiger partial charge on any atom is 0.170 e. The van der Waals surface area contributed by atoms with Gasteiger partial charge in [-0.05, 0) is 37.9 Å². The molecule has 5 heteroatoms. The van der Waals surface area contributed by atoms with Crippen LogP contribution < -0.4 is 16.0 Å². The molecular weight excluding hydrogens is 250 g/mol. The Morgan fingerprint density at radius 1 is 0.900 bits per heavy atom. The van der Waals surface area contributed by atoms with E-state index in [1.807, 2.05) is 24.3 Å². The van der Waals surface area contributed by atoms with Crippen molar-refractivity contribution in [2.24, 2.45) is 0 Å². The van der Waals surface area contributed by atoms with Gasteiger partial charge in [-0.25, -0.2) is 9.97 Å². The lowest BCUT2D eigenvalue weighted by molar-refractivity contribution is 0.788. The summed E-state index contributed by atoms with van der Waals surface area (Å²) >= 11 is 0. The molecule has 0 bridgehead atoms. The Labute approximate surface area is 118 Å². The lowest BCUT2D eigenvalue weighted by atomic mass is 10.2. The molecule has 0 unspecified atom stereocenters. The number of rotatable bonds is 4. The largest absolute Gasteiger partial charge is 0.364 e. The second kappa shape index (κ2) is 4.90. The summed E-state index contributed by atoms with van der Waals surface area (Å²) < 4.78 is 0. The third kappa shape index (κ3) is 2.41. The molecule has 0 radical (unpaired) electrons. The van der Waals surface area contributed by atoms with Crippen molar-refractivity contribution < 1.29 is 0 Å². The summed E-state index contributed by atoms with van der Waals surface area (Å²) in [5.41, 5.74) is 1.90. The first-order valence-corrected chi connectivity index (χ1v) is 7.39. The zero-order chi connectivity index (χ0) is 13.4. The van der Waals surface area contributed by atoms with Gasteiger partial charge in [0.1, 0.15) is 0 Å². The maximum atomic E-state index is 4.76. The summed E-state index contributed by atoms with van der Waals surface area (Å²) in [6.07, 6.45) is 3.61. The van der Waals surface area contributed by atoms with E-state index >= 15 is 0 Å². The number of hydrogen-bond donors (Lipinski definition) is 3. The molecule has 1 aromatic heterocycles. The van der Waals surface area contributed by atoms with Crippen molar-refractivity contribution in [2.75, 3.05) is 23.7 Å². The van der Waals surface area contributed by atoms with Gasteiger partial charge in [0.25, 0.3) is 0 Å². The van der Waals surface area contributed by atoms with E-state index in [0.29, 0.717) is 12.1 Å². The molecule has 104 valence electrons. The van der Waals surface area contributed by atoms with Crippen molar-refractivity contribution in [3.05, 3.63) is 24.3 Å². The summed E-state index contributed by atoms with van der Waals surface area (Å²) in [4.78, 5) is 9.50. The monoisotopic (exact) mass is 269 g/mol. The minimum atomic E-state index is 0.449. The molecule has 20 heavy (non-hydrogen) atoms. The van der Waals surface area contributed by atoms with Crippen molar-refractivity contribution >= 4 is 22.7 Å². The number of aromatic nitrogens is 2. The number of nitrogens with one attached hydrogen (secondary N) is 3. The van der Waals surface area contributed by atoms with Crippen molar-refractivity contribution in [1.82, 2.24) is 15.3 Å². The van der Waals surface area contributed by atoms with Crippen molar-refractivity contribution in [3.8, 4) is 0 Å². The average Bonchev–Trinajstić information content (AvgIpc) is 3.13. The van der Waals surface area contributed by atoms with Crippen LogP contribution in [0.5, 0.6) is 0 Å². The predicted octanol–water partition coefficient (Wildman–Crippen LogP) is 1.98. The predicted molar refractivity (Wildman–Crippen MR) is 81.1 cm³/mol. The van der Waals surface area contributed by atoms with Gasteiger partial charge >= 0.3 is 0 Å². The summed E-state index contributed by atoms with van der Waals surface area (Å²) in [5.74, 6) is 1.79. The van der Waals surface area contributed by atoms with Crippen LogP contribution in [0, 0.1) is 0 Å². The van der Waals surface area contributed by atoms with Gasteiger partial charge in [-0.3, -0.25) is 0 Å². The van der Waals surface area contributed by atoms with Gasteiger partial charge in [0.15, 0.2) is 11.6 Å². The summed E-state index contributed by atoms with van der Waals surface area (Å²) in [5, 5.41) is 10.4. The molecule has 1 atom stereocenters. The number of para-hydroxylation sites is 2. The molecule has 2 aliphatic rings. The van der Waals surface area contributed by atoms with Crippen LogP contribution in [0.2, 0.25) is 0 Å². The highest BCUT2D eigenvalue weighted by molar-refractivity contribution is 5.80. The third-order valence-electron chi connectivity index (χ3n) is 3.89. The minimum absolute atomic E-state index is 0.449. The van der Waals surface area contributed by atoms with E-state index in [1.54, 1.807) is 0 Å². The van der Waals surface area contributed by atoms with E-state index in [9.17, 15) is 0 Å². The number of nitrogens with zero attached hydrogens (tertiary/aromatic N) is 2. The second-order valence-corrected chi connectivity index (χ2v) is 5.66. The quantitative estimate of drug-likeness (QED) is 0.792. The topological polar surface area (TPSA) is 61.9 Å². The molecule has 1 saturated carbocycles. The molecule has 0 amide bonds. The summed E-state index contributed by atoms with van der Waals surface area (Å²) in [7, 11) is 0. The Morgan fingerprint density at radius 2 is 1.55 bits per heavy atom. The first-order chi connectivity index (χ1) is 9.88. The third-order valence-corrected chi connectivity index (χ3v) is 3.89. The zero-order valence-electron chi connectivity index (χ0n) is 11.4. The van der Waals surface area contributed by atoms with Gasteiger partial charge < -0.3 is 16.0 Å². The lowest BCUT2D eigenvalue weighted by Gasteiger charge is -2.16. The Bertz CT molecular complexity index is 617. The van der Waals surface area contributed by atoms with Crippen LogP contribution in [-0.4, -0.2) is 35.1 Å². The van der Waals surface area contributed by atoms with Gasteiger partial charge in [-0.2, -0.15) is 0 Å². The highest BCUT2D eigenvalue weighted by Crippen LogP contribution is 2.29. The van der Waals surface area contributed by atoms with Gasteiger partial charge in [0, 0.05) is 18.6 Å². The SMILES string of the molecule is c1ccc2nc(N[C@@H]3CCNC3)c(NC3CC3)nc2c1. The fourth-order valence-corrected chi connectivity index (χ4v) is 2.59. The summed E-state index contributed by atoms with van der Waals surface area (Å²) in [6.45, 7) is 2.07. The molecule has 2 heterocycles. The van der Waals surface area contributed by atoms with Gasteiger partial charge in [0.05, 0.1) is 11.0 Å². The van der Waals surface area contributed by atoms with Gasteiger partial charge in [-0.1, -0.05) is 12.1 Å². The molecule has 1 aliphatic carbocycles. The number of fused-ring (bicyclic) bond motifs is 1. The highest BCUT2D eigenvalue weighted by atomic mass is 15.2. The number of hydrogen-bond acceptors (Lipinski definition) is 5. The molecular formula is C15H19N5. The minimum Gasteiger partial charge on any atom is -0.364 e. The summed E-state index contributed by atoms with van der Waals surface area (Å²) in [6, 6.07) is 9.07. The van der Waals surface area contributed by atoms with Crippen LogP contribution >= 0.6 is 0 Å². The van der Waals surface area contributed by atoms with E-state index < -0.39 is 0 Å². The molecule has 3 N–H and O–H groups in total. The molecule has 1 saturated heterocycles. The van der Waals surface area contributed by atoms with Crippen LogP contribution in [0.3, 0.4) is 0 Å². The molecule has 2 fully saturated rings. The lowest BCUT2D eigenvalue weighted by Crippen LogP contribution is -2.24. The van der Waals surface area contributed by atoms with Gasteiger partial charge in [0.2, 0.25) is 0 Å². The van der Waals surface area contributed by atoms with E-state index in [4.69, 9.17) is 9.97 Å². The van der Waals surface area contributed by atoms with Crippen molar-refractivity contribution in [2.45, 2.75) is 31.3 Å². The normalized spacial score (nSPS) is 22.1. The molecule has 0 spiro atoms. The standard InChI is InChI=1S/C15H19N5/c1-2-4-13-12(3-1)19-14(17-10-5-6-10)15(20-13)18-11-7-8-16-9-11/h1-4,10-11,16H,5-9H2,(H,17,19)(H,18,20)/t11-/m1/s1. The molecule has 2 aromatic rings. The fraction of sp³-hybridized carbons (Fsp3) is 0.467. The Balaban J connectivity index is 1.69. The van der Waals surface area contributed by atoms with Crippen LogP contribution in [0.25, 0.3) is 11.0 Å². The zero-order valence-corrected chi connectivity index (χ0v) is 11.4. The highest BCUT2D eigenvalue weighted by Gasteiger charge is 2.24. The van der Waals surface area contributed by atoms with E-state index in [2.05, 4.69) is 16.0 Å². The Hall–Kier alpha value is -1.88. The maximum absolute atomic E-state index is 4.76. The van der Waals surface area contributed by atoms with E-state index in [-0.39, 0.29) is 0 Å². The van der Waals surface area contributed by atoms with Crippen LogP contribution in [0.4, 0.5) is 11.6 Å². The first kappa shape index (κ1) is 11.9. The number of benzene rings is 1. The van der Waals surface area contributed by atoms with Crippen LogP contribution in [-0.2, 0) is 0 Å².